The van der Waals surface area contributed by atoms with Gasteiger partial charge in [0.2, 0.25) is 0 Å². The van der Waals surface area contributed by atoms with E-state index in [-0.39, 0.29) is 5.78 Å². The Hall–Kier alpha value is -5.29. The van der Waals surface area contributed by atoms with E-state index in [9.17, 15) is 4.79 Å². The number of rotatable bonds is 13. The molecule has 0 amide bonds. The highest BCUT2D eigenvalue weighted by Gasteiger charge is 2.13. The molecule has 0 aliphatic heterocycles. The van der Waals surface area contributed by atoms with Crippen molar-refractivity contribution in [2.24, 2.45) is 0 Å². The van der Waals surface area contributed by atoms with E-state index in [2.05, 4.69) is 0 Å². The number of carbonyl (C=O) groups excluding carboxylic acids is 1. The van der Waals surface area contributed by atoms with Gasteiger partial charge in [0.15, 0.2) is 17.3 Å². The highest BCUT2D eigenvalue weighted by Crippen LogP contribution is 2.31. The molecule has 0 aliphatic carbocycles. The summed E-state index contributed by atoms with van der Waals surface area (Å²) < 4.78 is 23.7. The van der Waals surface area contributed by atoms with Gasteiger partial charge in [-0.15, -0.1) is 0 Å². The van der Waals surface area contributed by atoms with Crippen LogP contribution in [0.5, 0.6) is 23.0 Å². The maximum Gasteiger partial charge on any atom is 0.189 e. The van der Waals surface area contributed by atoms with Crippen LogP contribution in [-0.2, 0) is 19.8 Å². The summed E-state index contributed by atoms with van der Waals surface area (Å²) in [5.41, 5.74) is 4.37. The maximum atomic E-state index is 13.3. The molecule has 0 radical (unpaired) electrons. The minimum atomic E-state index is -0.183. The molecule has 5 nitrogen and oxygen atoms in total. The van der Waals surface area contributed by atoms with Crippen molar-refractivity contribution in [2.75, 3.05) is 7.11 Å². The molecular weight excluding hydrogens is 524 g/mol. The topological polar surface area (TPSA) is 54.0 Å². The SMILES string of the molecule is COc1ccc(C(=O)C=Cc2ccc(OCc3ccccc3)c(OCc3ccccc3)c2)c(OCc2ccccc2)c1. The zero-order valence-corrected chi connectivity index (χ0v) is 23.4. The van der Waals surface area contributed by atoms with Gasteiger partial charge in [0.25, 0.3) is 0 Å². The van der Waals surface area contributed by atoms with Crippen LogP contribution in [-0.4, -0.2) is 12.9 Å². The number of carbonyl (C=O) groups is 1. The van der Waals surface area contributed by atoms with Crippen molar-refractivity contribution in [3.05, 3.63) is 161 Å². The van der Waals surface area contributed by atoms with Gasteiger partial charge in [-0.2, -0.15) is 0 Å². The van der Waals surface area contributed by atoms with Gasteiger partial charge in [0.05, 0.1) is 12.7 Å². The maximum absolute atomic E-state index is 13.3. The van der Waals surface area contributed by atoms with E-state index >= 15 is 0 Å². The number of hydrogen-bond donors (Lipinski definition) is 0. The van der Waals surface area contributed by atoms with E-state index in [0.29, 0.717) is 48.4 Å². The summed E-state index contributed by atoms with van der Waals surface area (Å²) in [4.78, 5) is 13.3. The fourth-order valence-electron chi connectivity index (χ4n) is 4.28. The Bertz CT molecular complexity index is 1610. The third-order valence-electron chi connectivity index (χ3n) is 6.56. The number of ether oxygens (including phenoxy) is 4. The zero-order chi connectivity index (χ0) is 29.0. The molecule has 0 spiro atoms. The van der Waals surface area contributed by atoms with Crippen LogP contribution in [0.3, 0.4) is 0 Å². The fraction of sp³-hybridized carbons (Fsp3) is 0.108. The Morgan fingerprint density at radius 3 is 1.64 bits per heavy atom. The molecule has 5 aromatic carbocycles. The minimum absolute atomic E-state index is 0.183. The van der Waals surface area contributed by atoms with Crippen LogP contribution in [0, 0.1) is 0 Å². The van der Waals surface area contributed by atoms with E-state index in [0.717, 1.165) is 22.3 Å². The first-order chi connectivity index (χ1) is 20.7. The van der Waals surface area contributed by atoms with Gasteiger partial charge in [0.1, 0.15) is 31.3 Å². The van der Waals surface area contributed by atoms with Gasteiger partial charge in [0, 0.05) is 6.07 Å². The van der Waals surface area contributed by atoms with Gasteiger partial charge in [-0.25, -0.2) is 0 Å². The molecule has 5 rings (SSSR count). The molecule has 0 aliphatic rings. The average Bonchev–Trinajstić information content (AvgIpc) is 3.06. The van der Waals surface area contributed by atoms with E-state index in [1.807, 2.05) is 109 Å². The summed E-state index contributed by atoms with van der Waals surface area (Å²) in [6.45, 7) is 1.15. The molecule has 210 valence electrons. The van der Waals surface area contributed by atoms with Gasteiger partial charge in [-0.1, -0.05) is 103 Å². The number of allylic oxidation sites excluding steroid dienone is 1. The highest BCUT2D eigenvalue weighted by atomic mass is 16.5. The molecule has 5 heteroatoms. The number of ketones is 1. The monoisotopic (exact) mass is 556 g/mol. The van der Waals surface area contributed by atoms with Crippen molar-refractivity contribution in [3.63, 3.8) is 0 Å². The normalized spacial score (nSPS) is 10.8. The largest absolute Gasteiger partial charge is 0.497 e. The number of benzene rings is 5. The zero-order valence-electron chi connectivity index (χ0n) is 23.4. The quantitative estimate of drug-likeness (QED) is 0.108. The smallest absolute Gasteiger partial charge is 0.189 e. The molecule has 0 saturated heterocycles. The van der Waals surface area contributed by atoms with Gasteiger partial charge in [-0.05, 0) is 52.6 Å². The lowest BCUT2D eigenvalue weighted by molar-refractivity contribution is 0.104. The molecule has 0 saturated carbocycles. The second kappa shape index (κ2) is 14.4. The Morgan fingerprint density at radius 1 is 0.571 bits per heavy atom. The molecular formula is C37H32O5. The lowest BCUT2D eigenvalue weighted by Crippen LogP contribution is -2.03. The number of methoxy groups -OCH3 is 1. The van der Waals surface area contributed by atoms with Crippen molar-refractivity contribution >= 4 is 11.9 Å². The predicted molar refractivity (Wildman–Crippen MR) is 165 cm³/mol. The van der Waals surface area contributed by atoms with E-state index in [1.54, 1.807) is 31.4 Å². The summed E-state index contributed by atoms with van der Waals surface area (Å²) in [6.07, 6.45) is 3.31. The van der Waals surface area contributed by atoms with E-state index < -0.39 is 0 Å². The van der Waals surface area contributed by atoms with Crippen LogP contribution < -0.4 is 18.9 Å². The van der Waals surface area contributed by atoms with Crippen molar-refractivity contribution in [1.29, 1.82) is 0 Å². The van der Waals surface area contributed by atoms with Crippen molar-refractivity contribution in [2.45, 2.75) is 19.8 Å². The lowest BCUT2D eigenvalue weighted by Gasteiger charge is -2.14. The van der Waals surface area contributed by atoms with Crippen molar-refractivity contribution in [3.8, 4) is 23.0 Å². The van der Waals surface area contributed by atoms with Gasteiger partial charge < -0.3 is 18.9 Å². The molecule has 0 aromatic heterocycles. The second-order valence-corrected chi connectivity index (χ2v) is 9.59. The van der Waals surface area contributed by atoms with Gasteiger partial charge >= 0.3 is 0 Å². The third-order valence-corrected chi connectivity index (χ3v) is 6.56. The first kappa shape index (κ1) is 28.2. The molecule has 0 N–H and O–H groups in total. The molecule has 0 heterocycles. The van der Waals surface area contributed by atoms with Crippen LogP contribution in [0.4, 0.5) is 0 Å². The molecule has 0 fully saturated rings. The van der Waals surface area contributed by atoms with E-state index in [1.165, 1.54) is 6.08 Å². The molecule has 5 aromatic rings. The minimum Gasteiger partial charge on any atom is -0.497 e. The van der Waals surface area contributed by atoms with Crippen LogP contribution in [0.25, 0.3) is 6.08 Å². The number of hydrogen-bond acceptors (Lipinski definition) is 5. The van der Waals surface area contributed by atoms with E-state index in [4.69, 9.17) is 18.9 Å². The first-order valence-electron chi connectivity index (χ1n) is 13.7. The molecule has 0 bridgehead atoms. The standard InChI is InChI=1S/C37H32O5/c1-39-32-19-20-33(36(24-32)41-26-30-13-7-3-8-14-30)34(38)21-17-28-18-22-35(40-25-29-11-5-2-6-12-29)37(23-28)42-27-31-15-9-4-10-16-31/h2-24H,25-27H2,1H3. The molecule has 0 unspecified atom stereocenters. The average molecular weight is 557 g/mol. The summed E-state index contributed by atoms with van der Waals surface area (Å²) in [7, 11) is 1.59. The Kier molecular flexibility index (Phi) is 9.67. The van der Waals surface area contributed by atoms with Gasteiger partial charge in [-0.3, -0.25) is 4.79 Å². The molecule has 42 heavy (non-hydrogen) atoms. The molecule has 0 atom stereocenters. The summed E-state index contributed by atoms with van der Waals surface area (Å²) in [6, 6.07) is 40.6. The summed E-state index contributed by atoms with van der Waals surface area (Å²) in [5.74, 6) is 2.12. The Labute approximate surface area is 246 Å². The predicted octanol–water partition coefficient (Wildman–Crippen LogP) is 8.33. The summed E-state index contributed by atoms with van der Waals surface area (Å²) >= 11 is 0. The lowest BCUT2D eigenvalue weighted by atomic mass is 10.1. The van der Waals surface area contributed by atoms with Crippen LogP contribution in [0.1, 0.15) is 32.6 Å². The first-order valence-corrected chi connectivity index (χ1v) is 13.7. The van der Waals surface area contributed by atoms with Crippen LogP contribution >= 0.6 is 0 Å². The second-order valence-electron chi connectivity index (χ2n) is 9.59. The third kappa shape index (κ3) is 7.89. The fourth-order valence-corrected chi connectivity index (χ4v) is 4.28. The van der Waals surface area contributed by atoms with Crippen molar-refractivity contribution < 1.29 is 23.7 Å². The van der Waals surface area contributed by atoms with Crippen LogP contribution in [0.2, 0.25) is 0 Å². The summed E-state index contributed by atoms with van der Waals surface area (Å²) in [5, 5.41) is 0. The Balaban J connectivity index is 1.34. The highest BCUT2D eigenvalue weighted by molar-refractivity contribution is 6.08. The van der Waals surface area contributed by atoms with Crippen LogP contribution in [0.15, 0.2) is 133 Å². The van der Waals surface area contributed by atoms with Crippen molar-refractivity contribution in [1.82, 2.24) is 0 Å². The Morgan fingerprint density at radius 2 is 1.10 bits per heavy atom.